The second-order valence-electron chi connectivity index (χ2n) is 5.76. The molecule has 1 saturated heterocycles. The van der Waals surface area contributed by atoms with E-state index in [-0.39, 0.29) is 12.1 Å². The van der Waals surface area contributed by atoms with Crippen LogP contribution >= 0.6 is 0 Å². The number of ether oxygens (including phenoxy) is 1. The van der Waals surface area contributed by atoms with Gasteiger partial charge in [-0.1, -0.05) is 30.3 Å². The molecule has 22 heavy (non-hydrogen) atoms. The smallest absolute Gasteiger partial charge is 0.317 e. The molecule has 1 heterocycles. The number of amides is 2. The van der Waals surface area contributed by atoms with Gasteiger partial charge < -0.3 is 15.0 Å². The quantitative estimate of drug-likeness (QED) is 0.819. The van der Waals surface area contributed by atoms with Gasteiger partial charge in [0.05, 0.1) is 6.04 Å². The maximum absolute atomic E-state index is 12.3. The topological polar surface area (TPSA) is 44.8 Å². The number of urea groups is 1. The molecule has 0 aromatic heterocycles. The summed E-state index contributed by atoms with van der Waals surface area (Å²) in [4.78, 5) is 16.6. The predicted molar refractivity (Wildman–Crippen MR) is 87.9 cm³/mol. The lowest BCUT2D eigenvalue weighted by Crippen LogP contribution is -2.52. The molecule has 1 aromatic carbocycles. The number of nitrogens with one attached hydrogen (secondary N) is 1. The van der Waals surface area contributed by atoms with Crippen LogP contribution in [0.2, 0.25) is 0 Å². The number of nitrogens with zero attached hydrogens (tertiary/aromatic N) is 2. The van der Waals surface area contributed by atoms with Gasteiger partial charge in [0.1, 0.15) is 0 Å². The number of piperazine rings is 1. The predicted octanol–water partition coefficient (Wildman–Crippen LogP) is 2.11. The maximum atomic E-state index is 12.3. The highest BCUT2D eigenvalue weighted by molar-refractivity contribution is 5.74. The zero-order valence-corrected chi connectivity index (χ0v) is 13.6. The number of methoxy groups -OCH3 is 1. The molecular formula is C17H27N3O2. The Morgan fingerprint density at radius 3 is 2.55 bits per heavy atom. The summed E-state index contributed by atoms with van der Waals surface area (Å²) in [5.41, 5.74) is 1.13. The fourth-order valence-corrected chi connectivity index (χ4v) is 2.71. The van der Waals surface area contributed by atoms with Crippen molar-refractivity contribution in [3.8, 4) is 0 Å². The number of hydrogen-bond acceptors (Lipinski definition) is 3. The van der Waals surface area contributed by atoms with Crippen molar-refractivity contribution >= 4 is 6.03 Å². The van der Waals surface area contributed by atoms with Gasteiger partial charge >= 0.3 is 6.03 Å². The molecule has 1 aromatic rings. The maximum Gasteiger partial charge on any atom is 0.317 e. The van der Waals surface area contributed by atoms with E-state index in [0.29, 0.717) is 0 Å². The lowest BCUT2D eigenvalue weighted by Gasteiger charge is -2.35. The molecule has 0 aliphatic carbocycles. The summed E-state index contributed by atoms with van der Waals surface area (Å²) < 4.78 is 5.08. The second-order valence-corrected chi connectivity index (χ2v) is 5.76. The van der Waals surface area contributed by atoms with E-state index in [1.54, 1.807) is 7.11 Å². The summed E-state index contributed by atoms with van der Waals surface area (Å²) in [5, 5.41) is 3.08. The van der Waals surface area contributed by atoms with Crippen LogP contribution in [0.5, 0.6) is 0 Å². The summed E-state index contributed by atoms with van der Waals surface area (Å²) in [7, 11) is 1.73. The van der Waals surface area contributed by atoms with Crippen molar-refractivity contribution in [3.63, 3.8) is 0 Å². The van der Waals surface area contributed by atoms with Crippen molar-refractivity contribution in [1.82, 2.24) is 15.1 Å². The third-order valence-electron chi connectivity index (χ3n) is 4.12. The molecule has 0 bridgehead atoms. The first-order valence-corrected chi connectivity index (χ1v) is 8.02. The lowest BCUT2D eigenvalue weighted by atomic mass is 10.1. The SMILES string of the molecule is COCCCN1CCN(C(=O)NC(C)c2ccccc2)CC1. The van der Waals surface area contributed by atoms with Gasteiger partial charge in [-0.05, 0) is 18.9 Å². The Morgan fingerprint density at radius 2 is 1.91 bits per heavy atom. The van der Waals surface area contributed by atoms with Gasteiger partial charge in [-0.3, -0.25) is 4.90 Å². The molecule has 5 nitrogen and oxygen atoms in total. The number of hydrogen-bond donors (Lipinski definition) is 1. The Morgan fingerprint density at radius 1 is 1.23 bits per heavy atom. The third-order valence-corrected chi connectivity index (χ3v) is 4.12. The zero-order chi connectivity index (χ0) is 15.8. The Bertz CT molecular complexity index is 444. The third kappa shape index (κ3) is 5.00. The van der Waals surface area contributed by atoms with Gasteiger partial charge in [-0.2, -0.15) is 0 Å². The Labute approximate surface area is 133 Å². The Kier molecular flexibility index (Phi) is 6.68. The van der Waals surface area contributed by atoms with E-state index in [2.05, 4.69) is 10.2 Å². The van der Waals surface area contributed by atoms with Crippen molar-refractivity contribution < 1.29 is 9.53 Å². The van der Waals surface area contributed by atoms with Gasteiger partial charge in [0.2, 0.25) is 0 Å². The molecule has 0 saturated carbocycles. The summed E-state index contributed by atoms with van der Waals surface area (Å²) in [6, 6.07) is 10.1. The number of carbonyl (C=O) groups is 1. The molecule has 1 atom stereocenters. The van der Waals surface area contributed by atoms with E-state index in [4.69, 9.17) is 4.74 Å². The molecule has 0 radical (unpaired) electrons. The first kappa shape index (κ1) is 16.8. The summed E-state index contributed by atoms with van der Waals surface area (Å²) in [6.07, 6.45) is 1.05. The average Bonchev–Trinajstić information content (AvgIpc) is 2.56. The van der Waals surface area contributed by atoms with E-state index in [9.17, 15) is 4.79 Å². The summed E-state index contributed by atoms with van der Waals surface area (Å²) in [5.74, 6) is 0. The molecule has 1 fully saturated rings. The summed E-state index contributed by atoms with van der Waals surface area (Å²) >= 11 is 0. The van der Waals surface area contributed by atoms with E-state index in [1.807, 2.05) is 42.2 Å². The van der Waals surface area contributed by atoms with Crippen LogP contribution in [0.4, 0.5) is 4.79 Å². The van der Waals surface area contributed by atoms with Crippen LogP contribution in [0.25, 0.3) is 0 Å². The highest BCUT2D eigenvalue weighted by atomic mass is 16.5. The van der Waals surface area contributed by atoms with Crippen LogP contribution in [-0.2, 0) is 4.74 Å². The normalized spacial score (nSPS) is 17.3. The van der Waals surface area contributed by atoms with Crippen molar-refractivity contribution in [1.29, 1.82) is 0 Å². The highest BCUT2D eigenvalue weighted by Crippen LogP contribution is 2.12. The summed E-state index contributed by atoms with van der Waals surface area (Å²) in [6.45, 7) is 7.33. The molecule has 122 valence electrons. The minimum Gasteiger partial charge on any atom is -0.385 e. The van der Waals surface area contributed by atoms with E-state index >= 15 is 0 Å². The van der Waals surface area contributed by atoms with Crippen LogP contribution in [0.15, 0.2) is 30.3 Å². The van der Waals surface area contributed by atoms with Gasteiger partial charge in [0, 0.05) is 46.4 Å². The van der Waals surface area contributed by atoms with Crippen LogP contribution in [0.3, 0.4) is 0 Å². The molecule has 5 heteroatoms. The fourth-order valence-electron chi connectivity index (χ4n) is 2.71. The lowest BCUT2D eigenvalue weighted by molar-refractivity contribution is 0.124. The minimum atomic E-state index is 0.0351. The van der Waals surface area contributed by atoms with Gasteiger partial charge in [0.15, 0.2) is 0 Å². The molecule has 2 amide bonds. The second kappa shape index (κ2) is 8.76. The van der Waals surface area contributed by atoms with Crippen molar-refractivity contribution in [2.24, 2.45) is 0 Å². The van der Waals surface area contributed by atoms with E-state index in [1.165, 1.54) is 0 Å². The molecule has 1 N–H and O–H groups in total. The standard InChI is InChI=1S/C17H27N3O2/c1-15(16-7-4-3-5-8-16)18-17(21)20-12-10-19(11-13-20)9-6-14-22-2/h3-5,7-8,15H,6,9-14H2,1-2H3,(H,18,21). The molecular weight excluding hydrogens is 278 g/mol. The van der Waals surface area contributed by atoms with Crippen LogP contribution in [0, 0.1) is 0 Å². The number of rotatable bonds is 6. The van der Waals surface area contributed by atoms with Gasteiger partial charge in [0.25, 0.3) is 0 Å². The Balaban J connectivity index is 1.73. The van der Waals surface area contributed by atoms with Crippen LogP contribution in [-0.4, -0.2) is 62.3 Å². The van der Waals surface area contributed by atoms with E-state index < -0.39 is 0 Å². The molecule has 1 aliphatic heterocycles. The first-order chi connectivity index (χ1) is 10.7. The minimum absolute atomic E-state index is 0.0351. The fraction of sp³-hybridized carbons (Fsp3) is 0.588. The molecule has 1 aliphatic rings. The number of benzene rings is 1. The van der Waals surface area contributed by atoms with Crippen LogP contribution < -0.4 is 5.32 Å². The van der Waals surface area contributed by atoms with Crippen LogP contribution in [0.1, 0.15) is 24.9 Å². The zero-order valence-electron chi connectivity index (χ0n) is 13.6. The Hall–Kier alpha value is -1.59. The first-order valence-electron chi connectivity index (χ1n) is 8.02. The van der Waals surface area contributed by atoms with Gasteiger partial charge in [-0.25, -0.2) is 4.79 Å². The van der Waals surface area contributed by atoms with Crippen molar-refractivity contribution in [2.45, 2.75) is 19.4 Å². The monoisotopic (exact) mass is 305 g/mol. The van der Waals surface area contributed by atoms with Gasteiger partial charge in [-0.15, -0.1) is 0 Å². The van der Waals surface area contributed by atoms with Crippen molar-refractivity contribution in [3.05, 3.63) is 35.9 Å². The molecule has 0 spiro atoms. The largest absolute Gasteiger partial charge is 0.385 e. The van der Waals surface area contributed by atoms with Crippen molar-refractivity contribution in [2.75, 3.05) is 46.4 Å². The molecule has 1 unspecified atom stereocenters. The highest BCUT2D eigenvalue weighted by Gasteiger charge is 2.21. The van der Waals surface area contributed by atoms with E-state index in [0.717, 1.165) is 51.3 Å². The average molecular weight is 305 g/mol. The number of carbonyl (C=O) groups excluding carboxylic acids is 1. The molecule has 2 rings (SSSR count).